The maximum Gasteiger partial charge on any atom is 0.243 e. The second-order valence-corrected chi connectivity index (χ2v) is 9.86. The third-order valence-corrected chi connectivity index (χ3v) is 7.90. The van der Waals surface area contributed by atoms with Crippen molar-refractivity contribution in [1.29, 1.82) is 0 Å². The minimum Gasteiger partial charge on any atom is -0.342 e. The Labute approximate surface area is 163 Å². The van der Waals surface area contributed by atoms with Crippen molar-refractivity contribution in [2.75, 3.05) is 39.8 Å². The van der Waals surface area contributed by atoms with Crippen molar-refractivity contribution in [3.63, 3.8) is 0 Å². The van der Waals surface area contributed by atoms with Crippen molar-refractivity contribution in [3.05, 3.63) is 29.3 Å². The van der Waals surface area contributed by atoms with Crippen LogP contribution in [0.25, 0.3) is 0 Å². The Morgan fingerprint density at radius 3 is 2.44 bits per heavy atom. The monoisotopic (exact) mass is 393 g/mol. The van der Waals surface area contributed by atoms with E-state index in [2.05, 4.69) is 5.32 Å². The van der Waals surface area contributed by atoms with E-state index in [-0.39, 0.29) is 11.8 Å². The van der Waals surface area contributed by atoms with E-state index in [4.69, 9.17) is 0 Å². The molecule has 1 unspecified atom stereocenters. The minimum absolute atomic E-state index is 0.0514. The number of hydrogen-bond acceptors (Lipinski definition) is 4. The summed E-state index contributed by atoms with van der Waals surface area (Å²) in [5, 5.41) is 3.18. The van der Waals surface area contributed by atoms with Crippen LogP contribution in [0.5, 0.6) is 0 Å². The van der Waals surface area contributed by atoms with Crippen LogP contribution in [0, 0.1) is 25.7 Å². The molecular weight excluding hydrogens is 362 g/mol. The number of carbonyl (C=O) groups is 1. The molecular formula is C20H31N3O3S. The van der Waals surface area contributed by atoms with Crippen LogP contribution in [-0.4, -0.2) is 63.3 Å². The average Bonchev–Trinajstić information content (AvgIpc) is 3.12. The number of benzene rings is 1. The van der Waals surface area contributed by atoms with Crippen molar-refractivity contribution < 1.29 is 13.2 Å². The molecule has 0 saturated carbocycles. The first-order chi connectivity index (χ1) is 12.8. The zero-order valence-electron chi connectivity index (χ0n) is 16.6. The summed E-state index contributed by atoms with van der Waals surface area (Å²) in [6.07, 6.45) is 2.26. The summed E-state index contributed by atoms with van der Waals surface area (Å²) in [5.41, 5.74) is 2.06. The van der Waals surface area contributed by atoms with E-state index in [0.29, 0.717) is 36.7 Å². The number of nitrogens with one attached hydrogen (secondary N) is 1. The van der Waals surface area contributed by atoms with Gasteiger partial charge in [0.05, 0.1) is 4.90 Å². The van der Waals surface area contributed by atoms with Crippen molar-refractivity contribution >= 4 is 15.9 Å². The molecule has 0 aliphatic carbocycles. The van der Waals surface area contributed by atoms with E-state index >= 15 is 0 Å². The number of piperidine rings is 1. The summed E-state index contributed by atoms with van der Waals surface area (Å²) in [4.78, 5) is 15.1. The Kier molecular flexibility index (Phi) is 6.23. The third-order valence-electron chi connectivity index (χ3n) is 6.01. The summed E-state index contributed by atoms with van der Waals surface area (Å²) in [7, 11) is -1.54. The maximum atomic E-state index is 12.9. The molecule has 1 aromatic carbocycles. The fourth-order valence-electron chi connectivity index (χ4n) is 4.11. The van der Waals surface area contributed by atoms with E-state index in [0.717, 1.165) is 37.2 Å². The van der Waals surface area contributed by atoms with Crippen molar-refractivity contribution in [1.82, 2.24) is 14.5 Å². The van der Waals surface area contributed by atoms with Gasteiger partial charge in [-0.2, -0.15) is 4.31 Å². The number of rotatable bonds is 5. The van der Waals surface area contributed by atoms with E-state index < -0.39 is 10.0 Å². The summed E-state index contributed by atoms with van der Waals surface area (Å²) in [5.74, 6) is 0.686. The first-order valence-corrected chi connectivity index (χ1v) is 11.3. The van der Waals surface area contributed by atoms with E-state index in [1.807, 2.05) is 31.9 Å². The van der Waals surface area contributed by atoms with E-state index in [9.17, 15) is 13.2 Å². The van der Waals surface area contributed by atoms with Crippen molar-refractivity contribution in [2.24, 2.45) is 11.8 Å². The Hall–Kier alpha value is -1.44. The molecule has 27 heavy (non-hydrogen) atoms. The van der Waals surface area contributed by atoms with E-state index in [1.165, 1.54) is 4.31 Å². The van der Waals surface area contributed by atoms with Gasteiger partial charge in [0.2, 0.25) is 15.9 Å². The maximum absolute atomic E-state index is 12.9. The fraction of sp³-hybridized carbons (Fsp3) is 0.650. The first-order valence-electron chi connectivity index (χ1n) is 9.83. The Balaban J connectivity index is 1.59. The van der Waals surface area contributed by atoms with Crippen LogP contribution in [-0.2, 0) is 14.8 Å². The lowest BCUT2D eigenvalue weighted by molar-refractivity contribution is -0.135. The molecule has 0 aromatic heterocycles. The van der Waals surface area contributed by atoms with Crippen LogP contribution < -0.4 is 5.32 Å². The minimum atomic E-state index is -3.49. The topological polar surface area (TPSA) is 69.7 Å². The molecule has 7 heteroatoms. The zero-order chi connectivity index (χ0) is 19.6. The van der Waals surface area contributed by atoms with Gasteiger partial charge in [0, 0.05) is 32.1 Å². The van der Waals surface area contributed by atoms with Crippen LogP contribution in [0.4, 0.5) is 0 Å². The number of likely N-dealkylation sites (tertiary alicyclic amines) is 1. The molecule has 0 radical (unpaired) electrons. The summed E-state index contributed by atoms with van der Waals surface area (Å²) >= 11 is 0. The number of carbonyl (C=O) groups excluding carboxylic acids is 1. The Bertz CT molecular complexity index is 786. The van der Waals surface area contributed by atoms with Crippen molar-refractivity contribution in [2.45, 2.75) is 38.0 Å². The SMILES string of the molecule is CNCC1CCN(C(=O)C2CCN(S(=O)(=O)c3ccc(C)c(C)c3)CC2)C1. The van der Waals surface area contributed by atoms with Crippen molar-refractivity contribution in [3.8, 4) is 0 Å². The molecule has 1 amide bonds. The highest BCUT2D eigenvalue weighted by Crippen LogP contribution is 2.27. The normalized spacial score (nSPS) is 22.3. The lowest BCUT2D eigenvalue weighted by Gasteiger charge is -2.32. The second kappa shape index (κ2) is 8.29. The zero-order valence-corrected chi connectivity index (χ0v) is 17.4. The van der Waals surface area contributed by atoms with Gasteiger partial charge in [-0.05, 0) is 75.9 Å². The van der Waals surface area contributed by atoms with Gasteiger partial charge in [-0.1, -0.05) is 6.07 Å². The standard InChI is InChI=1S/C20H31N3O3S/c1-15-4-5-19(12-16(15)2)27(25,26)23-10-7-18(8-11-23)20(24)22-9-6-17(14-22)13-21-3/h4-5,12,17-18,21H,6-11,13-14H2,1-3H3. The molecule has 2 fully saturated rings. The summed E-state index contributed by atoms with van der Waals surface area (Å²) in [6, 6.07) is 5.28. The lowest BCUT2D eigenvalue weighted by atomic mass is 9.96. The van der Waals surface area contributed by atoms with Gasteiger partial charge in [-0.15, -0.1) is 0 Å². The highest BCUT2D eigenvalue weighted by Gasteiger charge is 2.35. The fourth-order valence-corrected chi connectivity index (χ4v) is 5.67. The van der Waals surface area contributed by atoms with Gasteiger partial charge in [0.1, 0.15) is 0 Å². The number of sulfonamides is 1. The molecule has 150 valence electrons. The Morgan fingerprint density at radius 1 is 1.11 bits per heavy atom. The van der Waals surface area contributed by atoms with Crippen LogP contribution in [0.2, 0.25) is 0 Å². The summed E-state index contributed by atoms with van der Waals surface area (Å²) < 4.78 is 27.4. The second-order valence-electron chi connectivity index (χ2n) is 7.92. The smallest absolute Gasteiger partial charge is 0.243 e. The first kappa shape index (κ1) is 20.3. The predicted octanol–water partition coefficient (Wildman–Crippen LogP) is 1.77. The number of hydrogen-bond donors (Lipinski definition) is 1. The molecule has 2 heterocycles. The molecule has 2 aliphatic heterocycles. The molecule has 2 aliphatic rings. The average molecular weight is 394 g/mol. The van der Waals surface area contributed by atoms with Gasteiger partial charge in [0.15, 0.2) is 0 Å². The highest BCUT2D eigenvalue weighted by atomic mass is 32.2. The molecule has 1 atom stereocenters. The van der Waals surface area contributed by atoms with E-state index in [1.54, 1.807) is 12.1 Å². The Morgan fingerprint density at radius 2 is 1.81 bits per heavy atom. The molecule has 0 bridgehead atoms. The summed E-state index contributed by atoms with van der Waals surface area (Å²) in [6.45, 7) is 7.32. The van der Waals surface area contributed by atoms with Gasteiger partial charge in [0.25, 0.3) is 0 Å². The molecule has 1 N–H and O–H groups in total. The molecule has 1 aromatic rings. The molecule has 2 saturated heterocycles. The highest BCUT2D eigenvalue weighted by molar-refractivity contribution is 7.89. The van der Waals surface area contributed by atoms with Crippen LogP contribution in [0.1, 0.15) is 30.4 Å². The van der Waals surface area contributed by atoms with Gasteiger partial charge in [-0.25, -0.2) is 8.42 Å². The van der Waals surface area contributed by atoms with Gasteiger partial charge >= 0.3 is 0 Å². The molecule has 0 spiro atoms. The number of nitrogens with zero attached hydrogens (tertiary/aromatic N) is 2. The third kappa shape index (κ3) is 4.36. The lowest BCUT2D eigenvalue weighted by Crippen LogP contribution is -2.44. The molecule has 3 rings (SSSR count). The van der Waals surface area contributed by atoms with Crippen LogP contribution in [0.3, 0.4) is 0 Å². The predicted molar refractivity (Wildman–Crippen MR) is 106 cm³/mol. The quantitative estimate of drug-likeness (QED) is 0.828. The van der Waals surface area contributed by atoms with Gasteiger partial charge in [-0.3, -0.25) is 4.79 Å². The molecule has 6 nitrogen and oxygen atoms in total. The van der Waals surface area contributed by atoms with Crippen LogP contribution in [0.15, 0.2) is 23.1 Å². The largest absolute Gasteiger partial charge is 0.342 e. The van der Waals surface area contributed by atoms with Crippen LogP contribution >= 0.6 is 0 Å². The number of aryl methyl sites for hydroxylation is 2. The van der Waals surface area contributed by atoms with Gasteiger partial charge < -0.3 is 10.2 Å². The number of amides is 1.